The van der Waals surface area contributed by atoms with Crippen LogP contribution in [0.2, 0.25) is 0 Å². The molecule has 4 atom stereocenters. The van der Waals surface area contributed by atoms with E-state index in [1.54, 1.807) is 0 Å². The quantitative estimate of drug-likeness (QED) is 0.747. The third-order valence-electron chi connectivity index (χ3n) is 4.77. The first-order chi connectivity index (χ1) is 8.85. The summed E-state index contributed by atoms with van der Waals surface area (Å²) in [4.78, 5) is 12.4. The number of carbonyl (C=O) groups excluding carboxylic acids is 1. The number of fused-ring (bicyclic) bond motifs is 1. The van der Waals surface area contributed by atoms with Gasteiger partial charge in [0, 0.05) is 46.8 Å². The molecule has 1 aliphatic carbocycles. The SMILES string of the molecule is CCS(=O)CCNC(=O)C1(N)C2CCOC2C1(C)C. The first kappa shape index (κ1) is 14.9. The molecule has 0 bridgehead atoms. The third-order valence-corrected chi connectivity index (χ3v) is 6.07. The molecule has 0 aromatic carbocycles. The Morgan fingerprint density at radius 3 is 2.84 bits per heavy atom. The van der Waals surface area contributed by atoms with Gasteiger partial charge in [-0.3, -0.25) is 9.00 Å². The van der Waals surface area contributed by atoms with Gasteiger partial charge in [0.1, 0.15) is 5.54 Å². The summed E-state index contributed by atoms with van der Waals surface area (Å²) in [6, 6.07) is 0. The van der Waals surface area contributed by atoms with Gasteiger partial charge >= 0.3 is 0 Å². The fraction of sp³-hybridized carbons (Fsp3) is 0.923. The van der Waals surface area contributed by atoms with Crippen LogP contribution in [0.4, 0.5) is 0 Å². The van der Waals surface area contributed by atoms with Crippen molar-refractivity contribution in [1.29, 1.82) is 0 Å². The van der Waals surface area contributed by atoms with Crippen LogP contribution in [0.25, 0.3) is 0 Å². The normalized spacial score (nSPS) is 37.3. The smallest absolute Gasteiger partial charge is 0.241 e. The maximum absolute atomic E-state index is 12.4. The van der Waals surface area contributed by atoms with Crippen LogP contribution in [0.5, 0.6) is 0 Å². The zero-order valence-corrected chi connectivity index (χ0v) is 12.7. The van der Waals surface area contributed by atoms with Crippen molar-refractivity contribution in [3.8, 4) is 0 Å². The Balaban J connectivity index is 1.96. The van der Waals surface area contributed by atoms with Crippen LogP contribution in [-0.2, 0) is 20.3 Å². The highest BCUT2D eigenvalue weighted by molar-refractivity contribution is 7.84. The van der Waals surface area contributed by atoms with Crippen LogP contribution in [0, 0.1) is 11.3 Å². The van der Waals surface area contributed by atoms with Crippen LogP contribution in [0.15, 0.2) is 0 Å². The molecule has 0 radical (unpaired) electrons. The molecule has 2 rings (SSSR count). The molecule has 0 aromatic heterocycles. The highest BCUT2D eigenvalue weighted by Gasteiger charge is 2.71. The fourth-order valence-electron chi connectivity index (χ4n) is 3.41. The number of nitrogens with two attached hydrogens (primary N) is 1. The third kappa shape index (κ3) is 2.14. The van der Waals surface area contributed by atoms with E-state index in [1.807, 2.05) is 20.8 Å². The molecular weight excluding hydrogens is 264 g/mol. The summed E-state index contributed by atoms with van der Waals surface area (Å²) in [5, 5.41) is 2.85. The summed E-state index contributed by atoms with van der Waals surface area (Å²) in [5.41, 5.74) is 5.19. The Morgan fingerprint density at radius 1 is 1.53 bits per heavy atom. The fourth-order valence-corrected chi connectivity index (χ4v) is 4.03. The van der Waals surface area contributed by atoms with E-state index in [0.717, 1.165) is 6.42 Å². The van der Waals surface area contributed by atoms with E-state index in [1.165, 1.54) is 0 Å². The maximum atomic E-state index is 12.4. The Bertz CT molecular complexity index is 399. The largest absolute Gasteiger partial charge is 0.377 e. The van der Waals surface area contributed by atoms with Crippen molar-refractivity contribution >= 4 is 16.7 Å². The summed E-state index contributed by atoms with van der Waals surface area (Å²) < 4.78 is 17.0. The van der Waals surface area contributed by atoms with Crippen molar-refractivity contribution in [1.82, 2.24) is 5.32 Å². The zero-order chi connectivity index (χ0) is 14.3. The lowest BCUT2D eigenvalue weighted by Crippen LogP contribution is -2.80. The number of carbonyl (C=O) groups is 1. The molecule has 2 aliphatic rings. The van der Waals surface area contributed by atoms with Gasteiger partial charge in [0.05, 0.1) is 6.10 Å². The highest BCUT2D eigenvalue weighted by Crippen LogP contribution is 2.58. The first-order valence-corrected chi connectivity index (χ1v) is 8.38. The van der Waals surface area contributed by atoms with E-state index in [4.69, 9.17) is 10.5 Å². The molecule has 1 amide bonds. The molecule has 0 spiro atoms. The van der Waals surface area contributed by atoms with Crippen molar-refractivity contribution in [3.63, 3.8) is 0 Å². The van der Waals surface area contributed by atoms with Gasteiger partial charge in [-0.15, -0.1) is 0 Å². The van der Waals surface area contributed by atoms with Gasteiger partial charge in [0.15, 0.2) is 0 Å². The number of hydrogen-bond donors (Lipinski definition) is 2. The molecule has 4 unspecified atom stereocenters. The van der Waals surface area contributed by atoms with Crippen molar-refractivity contribution < 1.29 is 13.7 Å². The Labute approximate surface area is 117 Å². The van der Waals surface area contributed by atoms with Crippen molar-refractivity contribution in [2.45, 2.75) is 38.8 Å². The van der Waals surface area contributed by atoms with Gasteiger partial charge in [-0.25, -0.2) is 0 Å². The second-order valence-electron chi connectivity index (χ2n) is 5.97. The number of nitrogens with one attached hydrogen (secondary N) is 1. The van der Waals surface area contributed by atoms with Crippen molar-refractivity contribution in [2.24, 2.45) is 17.1 Å². The average molecular weight is 288 g/mol. The first-order valence-electron chi connectivity index (χ1n) is 6.89. The zero-order valence-electron chi connectivity index (χ0n) is 11.9. The molecule has 2 fully saturated rings. The molecule has 1 saturated heterocycles. The highest BCUT2D eigenvalue weighted by atomic mass is 32.2. The molecule has 1 heterocycles. The van der Waals surface area contributed by atoms with Gasteiger partial charge in [0.25, 0.3) is 0 Å². The summed E-state index contributed by atoms with van der Waals surface area (Å²) in [5.74, 6) is 1.09. The topological polar surface area (TPSA) is 81.4 Å². The number of rotatable bonds is 5. The van der Waals surface area contributed by atoms with Gasteiger partial charge < -0.3 is 15.8 Å². The Morgan fingerprint density at radius 2 is 2.21 bits per heavy atom. The number of hydrogen-bond acceptors (Lipinski definition) is 4. The lowest BCUT2D eigenvalue weighted by atomic mass is 9.48. The van der Waals surface area contributed by atoms with Crippen LogP contribution in [-0.4, -0.2) is 46.4 Å². The predicted molar refractivity (Wildman–Crippen MR) is 75.1 cm³/mol. The minimum Gasteiger partial charge on any atom is -0.377 e. The molecule has 6 heteroatoms. The number of ether oxygens (including phenoxy) is 1. The molecular formula is C13H24N2O3S. The van der Waals surface area contributed by atoms with Crippen LogP contribution >= 0.6 is 0 Å². The molecule has 19 heavy (non-hydrogen) atoms. The average Bonchev–Trinajstić information content (AvgIpc) is 2.85. The molecule has 0 aromatic rings. The summed E-state index contributed by atoms with van der Waals surface area (Å²) in [6.07, 6.45) is 0.937. The van der Waals surface area contributed by atoms with E-state index < -0.39 is 16.3 Å². The van der Waals surface area contributed by atoms with Gasteiger partial charge in [-0.05, 0) is 6.42 Å². The second-order valence-corrected chi connectivity index (χ2v) is 7.83. The van der Waals surface area contributed by atoms with Crippen molar-refractivity contribution in [3.05, 3.63) is 0 Å². The van der Waals surface area contributed by atoms with Gasteiger partial charge in [-0.1, -0.05) is 20.8 Å². The standard InChI is InChI=1S/C13H24N2O3S/c1-4-19(17)8-6-15-11(16)13(14)9-5-7-18-10(9)12(13,2)3/h9-10H,4-8,14H2,1-3H3,(H,15,16). The molecule has 3 N–H and O–H groups in total. The van der Waals surface area contributed by atoms with Gasteiger partial charge in [-0.2, -0.15) is 0 Å². The van der Waals surface area contributed by atoms with Crippen LogP contribution in [0.3, 0.4) is 0 Å². The van der Waals surface area contributed by atoms with E-state index in [9.17, 15) is 9.00 Å². The molecule has 1 saturated carbocycles. The maximum Gasteiger partial charge on any atom is 0.241 e. The monoisotopic (exact) mass is 288 g/mol. The van der Waals surface area contributed by atoms with E-state index >= 15 is 0 Å². The second kappa shape index (κ2) is 5.14. The molecule has 5 nitrogen and oxygen atoms in total. The van der Waals surface area contributed by atoms with Gasteiger partial charge in [0.2, 0.25) is 5.91 Å². The summed E-state index contributed by atoms with van der Waals surface area (Å²) in [7, 11) is -0.859. The Hall–Kier alpha value is -0.460. The van der Waals surface area contributed by atoms with Crippen LogP contribution in [0.1, 0.15) is 27.2 Å². The van der Waals surface area contributed by atoms with E-state index in [-0.39, 0.29) is 23.3 Å². The minimum absolute atomic E-state index is 0.0908. The van der Waals surface area contributed by atoms with Crippen molar-refractivity contribution in [2.75, 3.05) is 24.7 Å². The molecule has 110 valence electrons. The predicted octanol–water partition coefficient (Wildman–Crippen LogP) is 0.0136. The lowest BCUT2D eigenvalue weighted by Gasteiger charge is -2.60. The van der Waals surface area contributed by atoms with E-state index in [0.29, 0.717) is 24.7 Å². The minimum atomic E-state index is -0.859. The Kier molecular flexibility index (Phi) is 4.05. The molecule has 1 aliphatic heterocycles. The summed E-state index contributed by atoms with van der Waals surface area (Å²) >= 11 is 0. The number of amides is 1. The van der Waals surface area contributed by atoms with E-state index in [2.05, 4.69) is 5.32 Å². The summed E-state index contributed by atoms with van der Waals surface area (Å²) in [6.45, 7) is 6.96. The lowest BCUT2D eigenvalue weighted by molar-refractivity contribution is -0.175. The van der Waals surface area contributed by atoms with Crippen LogP contribution < -0.4 is 11.1 Å².